The minimum atomic E-state index is -4.90. The maximum Gasteiger partial charge on any atom is 0.296 e. The number of sulfonamides is 1. The van der Waals surface area contributed by atoms with E-state index in [0.29, 0.717) is 12.1 Å². The second-order valence-corrected chi connectivity index (χ2v) is 13.1. The first kappa shape index (κ1) is 35.4. The normalized spacial score (nSPS) is 11.8. The van der Waals surface area contributed by atoms with E-state index in [4.69, 9.17) is 4.55 Å². The van der Waals surface area contributed by atoms with E-state index in [9.17, 15) is 42.8 Å². The minimum Gasteiger partial charge on any atom is -0.353 e. The van der Waals surface area contributed by atoms with Crippen LogP contribution < -0.4 is 20.7 Å². The topological polar surface area (TPSA) is 284 Å². The summed E-state index contributed by atoms with van der Waals surface area (Å²) in [6.07, 6.45) is 0.933. The molecule has 0 spiro atoms. The van der Waals surface area contributed by atoms with Gasteiger partial charge in [0, 0.05) is 19.6 Å². The van der Waals surface area contributed by atoms with E-state index in [2.05, 4.69) is 35.6 Å². The molecule has 0 saturated carbocycles. The molecule has 25 heteroatoms. The van der Waals surface area contributed by atoms with Crippen molar-refractivity contribution in [1.29, 1.82) is 0 Å². The molecule has 2 aromatic rings. The van der Waals surface area contributed by atoms with Gasteiger partial charge in [-0.25, -0.2) is 13.1 Å². The zero-order chi connectivity index (χ0) is 27.4. The molecule has 2 rings (SSSR count). The Morgan fingerprint density at radius 1 is 0.718 bits per heavy atom. The van der Waals surface area contributed by atoms with Gasteiger partial charge >= 0.3 is 0 Å². The van der Waals surface area contributed by atoms with E-state index in [-0.39, 0.29) is 31.5 Å². The fourth-order valence-electron chi connectivity index (χ4n) is 2.41. The fourth-order valence-corrected chi connectivity index (χ4v) is 4.37. The molecule has 0 aliphatic carbocycles. The monoisotopic (exact) mass is 1430 g/mol. The number of hydrogen-bond donors (Lipinski definition) is 7. The quantitative estimate of drug-likeness (QED) is 0.0876. The van der Waals surface area contributed by atoms with Gasteiger partial charge < -0.3 is 16.0 Å². The molecule has 7 N–H and O–H groups in total. The summed E-state index contributed by atoms with van der Waals surface area (Å²) in [5, 5.41) is 7.45. The first-order valence-electron chi connectivity index (χ1n) is 9.33. The van der Waals surface area contributed by atoms with Gasteiger partial charge in [-0.2, -0.15) is 40.2 Å². The summed E-state index contributed by atoms with van der Waals surface area (Å²) in [6, 6.07) is 2.10. The molecule has 0 bridgehead atoms. The van der Waals surface area contributed by atoms with Gasteiger partial charge in [0.25, 0.3) is 30.4 Å². The molecule has 208 valence electrons. The summed E-state index contributed by atoms with van der Waals surface area (Å²) in [7, 11) is -17.5. The Kier molecular flexibility index (Phi) is 11.3. The maximum atomic E-state index is 11.7. The molecule has 0 atom stereocenters. The Hall–Kier alpha value is -5.73. The smallest absolute Gasteiger partial charge is 0.296 e. The van der Waals surface area contributed by atoms with E-state index in [1.54, 1.807) is 0 Å². The van der Waals surface area contributed by atoms with Gasteiger partial charge in [0.1, 0.15) is 4.90 Å². The zero-order valence-electron chi connectivity index (χ0n) is 20.3. The first-order chi connectivity index (χ1) is 16.3. The largest absolute Gasteiger partial charge is 0.353 e. The van der Waals surface area contributed by atoms with E-state index < -0.39 is 67.6 Å². The van der Waals surface area contributed by atoms with Crippen molar-refractivity contribution in [1.82, 2.24) is 19.7 Å². The Morgan fingerprint density at radius 3 is 1.69 bits per heavy atom. The van der Waals surface area contributed by atoms with Crippen LogP contribution in [0.25, 0.3) is 0 Å². The van der Waals surface area contributed by atoms with Crippen LogP contribution in [0.5, 0.6) is 0 Å². The molecule has 1 aromatic heterocycles. The van der Waals surface area contributed by atoms with Crippen molar-refractivity contribution in [3.8, 4) is 0 Å². The molecular formula is C14H21Mt3N7O11S4. The molecule has 0 unspecified atom stereocenters. The number of aromatic nitrogens is 3. The number of hydrogen-bond acceptors (Lipinski definition) is 14. The molecular weight excluding hydrogens is 1400 g/mol. The third-order valence-electron chi connectivity index (χ3n) is 3.82. The van der Waals surface area contributed by atoms with Crippen molar-refractivity contribution in [3.63, 3.8) is 0 Å². The Labute approximate surface area is 206 Å². The molecule has 0 fully saturated rings. The van der Waals surface area contributed by atoms with Gasteiger partial charge in [-0.15, -0.1) is 0 Å². The SMILES string of the molecule is CS(=O)(=O)NCCNc1nc(NCCS(=O)(=O)O)nc(Nc2cc(S(=O)(=O)O)ccc2S(=O)(=O)O)n1.[Mt].[Mt].[Mt]. The molecule has 1 heterocycles. The first-order valence-corrected chi connectivity index (χ1v) is 15.7. The van der Waals surface area contributed by atoms with Crippen molar-refractivity contribution >= 4 is 63.9 Å². The number of benzene rings is 1. The third-order valence-corrected chi connectivity index (χ3v) is 7.03. The second kappa shape index (κ2) is 12.5. The summed E-state index contributed by atoms with van der Waals surface area (Å²) in [4.78, 5) is 10.2. The molecule has 18 nitrogen and oxygen atoms in total. The van der Waals surface area contributed by atoms with Crippen LogP contribution in [-0.4, -0.2) is 93.9 Å². The molecule has 0 aliphatic heterocycles. The van der Waals surface area contributed by atoms with E-state index in [1.807, 2.05) is 0 Å². The number of rotatable bonds is 13. The summed E-state index contributed by atoms with van der Waals surface area (Å²) in [6.45, 7) is -0.510. The van der Waals surface area contributed by atoms with Crippen LogP contribution in [0.1, 0.15) is 0 Å². The number of nitrogens with zero attached hydrogens (tertiary/aromatic N) is 3. The van der Waals surface area contributed by atoms with Gasteiger partial charge in [-0.05, 0) is 18.2 Å². The van der Waals surface area contributed by atoms with Gasteiger partial charge in [-0.3, -0.25) is 13.7 Å². The Balaban J connectivity index is 0. The van der Waals surface area contributed by atoms with Crippen molar-refractivity contribution in [2.45, 2.75) is 9.79 Å². The minimum absolute atomic E-state index is 0. The molecule has 0 saturated heterocycles. The number of nitrogens with one attached hydrogen (secondary N) is 4. The van der Waals surface area contributed by atoms with Crippen molar-refractivity contribution in [3.05, 3.63) is 18.2 Å². The van der Waals surface area contributed by atoms with Gasteiger partial charge in [0.2, 0.25) is 27.9 Å². The molecule has 0 amide bonds. The van der Waals surface area contributed by atoms with Crippen molar-refractivity contribution < 1.29 is 47.3 Å². The molecule has 39 heavy (non-hydrogen) atoms. The van der Waals surface area contributed by atoms with Gasteiger partial charge in [0.05, 0.1) is 22.6 Å². The van der Waals surface area contributed by atoms with Crippen LogP contribution in [0, 0.1) is 0 Å². The summed E-state index contributed by atoms with van der Waals surface area (Å²) in [5.41, 5.74) is -0.563. The predicted octanol–water partition coefficient (Wildman–Crippen LogP) is -1.63. The average Bonchev–Trinajstić information content (AvgIpc) is 2.68. The fraction of sp³-hybridized carbons (Fsp3) is 0.357. The number of anilines is 4. The summed E-state index contributed by atoms with van der Waals surface area (Å²) < 4.78 is 120. The summed E-state index contributed by atoms with van der Waals surface area (Å²) >= 11 is 0. The van der Waals surface area contributed by atoms with Crippen LogP contribution in [0.4, 0.5) is 23.5 Å². The summed E-state index contributed by atoms with van der Waals surface area (Å²) in [5.74, 6) is -1.70. The zero-order valence-corrected chi connectivity index (χ0v) is 43.2. The predicted molar refractivity (Wildman–Crippen MR) is 125 cm³/mol. The average molecular weight is 1430 g/mol. The second-order valence-electron chi connectivity index (χ2n) is 6.85. The van der Waals surface area contributed by atoms with Crippen molar-refractivity contribution in [2.24, 2.45) is 0 Å². The van der Waals surface area contributed by atoms with Crippen LogP contribution in [0.3, 0.4) is 0 Å². The van der Waals surface area contributed by atoms with Gasteiger partial charge in [0.15, 0.2) is 0 Å². The van der Waals surface area contributed by atoms with Crippen molar-refractivity contribution in [2.75, 3.05) is 47.6 Å². The van der Waals surface area contributed by atoms with Gasteiger partial charge in [-0.1, -0.05) is 0 Å². The molecule has 1 aromatic carbocycles. The van der Waals surface area contributed by atoms with E-state index in [0.717, 1.165) is 12.3 Å². The third kappa shape index (κ3) is 11.7. The van der Waals surface area contributed by atoms with Crippen LogP contribution >= 0.6 is 0 Å². The Morgan fingerprint density at radius 2 is 1.23 bits per heavy atom. The maximum absolute atomic E-state index is 11.7. The van der Waals surface area contributed by atoms with Crippen LogP contribution in [-0.2, 0) is 40.4 Å². The molecule has 0 radical (unpaired) electrons. The molecule has 0 aliphatic rings. The Bertz CT molecular complexity index is 1560. The standard InChI is InChI=1S/C14H21N7O11S4.3Mt/c1-33(22,23)17-5-4-15-12-19-13(16-6-7-34(24,25)26)21-14(20-12)18-10-8-9(35(27,28)29)2-3-11(10)36(30,31)32;;;/h2-3,8,17H,4-7H2,1H3,(H,24,25,26)(H,27,28,29)(H,30,31,32)(H3,15,16,18,19,20,21);;;. The van der Waals surface area contributed by atoms with E-state index >= 15 is 0 Å². The van der Waals surface area contributed by atoms with Crippen LogP contribution in [0.15, 0.2) is 28.0 Å². The van der Waals surface area contributed by atoms with E-state index in [1.165, 1.54) is 0 Å². The van der Waals surface area contributed by atoms with Crippen LogP contribution in [0.2, 0.25) is 0 Å².